The number of imide groups is 1. The number of fused-ring (bicyclic) bond motifs is 2. The summed E-state index contributed by atoms with van der Waals surface area (Å²) in [4.78, 5) is 61.3. The standard InChI is InChI=1S/C31H37N5O5/c1-31(2,30(40)32-13-7-14-34-16-18-41-19-17-34)36(15-12-22-20-33-26-11-6-5-8-23(22)26)27(37)21-35-28(38)24-9-3-4-10-25(24)29(35)39/h3-6,8-11,20,33H,7,12-19,21H2,1-2H3,(H,32,40). The van der Waals surface area contributed by atoms with Crippen molar-refractivity contribution in [3.63, 3.8) is 0 Å². The number of carbonyl (C=O) groups excluding carboxylic acids is 4. The summed E-state index contributed by atoms with van der Waals surface area (Å²) < 4.78 is 5.39. The lowest BCUT2D eigenvalue weighted by Crippen LogP contribution is -2.59. The smallest absolute Gasteiger partial charge is 0.262 e. The van der Waals surface area contributed by atoms with Crippen molar-refractivity contribution in [1.29, 1.82) is 0 Å². The van der Waals surface area contributed by atoms with Gasteiger partial charge in [-0.05, 0) is 57.0 Å². The first kappa shape index (κ1) is 28.5. The van der Waals surface area contributed by atoms with Gasteiger partial charge in [0.15, 0.2) is 0 Å². The number of nitrogens with one attached hydrogen (secondary N) is 2. The van der Waals surface area contributed by atoms with Gasteiger partial charge in [-0.15, -0.1) is 0 Å². The SMILES string of the molecule is CC(C)(C(=O)NCCCN1CCOCC1)N(CCc1c[nH]c2ccccc12)C(=O)CN1C(=O)c2ccccc2C1=O. The topological polar surface area (TPSA) is 115 Å². The maximum atomic E-state index is 13.8. The van der Waals surface area contributed by atoms with Crippen LogP contribution in [-0.2, 0) is 20.7 Å². The van der Waals surface area contributed by atoms with Crippen molar-refractivity contribution in [2.45, 2.75) is 32.2 Å². The van der Waals surface area contributed by atoms with Crippen molar-refractivity contribution in [3.05, 3.63) is 71.4 Å². The molecule has 2 N–H and O–H groups in total. The maximum absolute atomic E-state index is 13.8. The second kappa shape index (κ2) is 12.2. The van der Waals surface area contributed by atoms with Crippen molar-refractivity contribution in [2.24, 2.45) is 0 Å². The first-order valence-corrected chi connectivity index (χ1v) is 14.2. The molecule has 3 aromatic rings. The molecule has 0 atom stereocenters. The number of rotatable bonds is 11. The van der Waals surface area contributed by atoms with Crippen LogP contribution >= 0.6 is 0 Å². The van der Waals surface area contributed by atoms with Gasteiger partial charge in [-0.25, -0.2) is 0 Å². The fourth-order valence-electron chi connectivity index (χ4n) is 5.56. The first-order valence-electron chi connectivity index (χ1n) is 14.2. The fraction of sp³-hybridized carbons (Fsp3) is 0.419. The van der Waals surface area contributed by atoms with E-state index in [1.807, 2.05) is 30.5 Å². The van der Waals surface area contributed by atoms with Gasteiger partial charge >= 0.3 is 0 Å². The van der Waals surface area contributed by atoms with Crippen LogP contribution in [0.4, 0.5) is 0 Å². The minimum absolute atomic E-state index is 0.234. The average molecular weight is 560 g/mol. The third kappa shape index (κ3) is 6.03. The maximum Gasteiger partial charge on any atom is 0.262 e. The zero-order valence-electron chi connectivity index (χ0n) is 23.7. The molecule has 2 aliphatic rings. The van der Waals surface area contributed by atoms with Gasteiger partial charge in [-0.3, -0.25) is 29.0 Å². The van der Waals surface area contributed by atoms with Crippen molar-refractivity contribution in [1.82, 2.24) is 25.0 Å². The number of hydrogen-bond donors (Lipinski definition) is 2. The number of hydrogen-bond acceptors (Lipinski definition) is 6. The Hall–Kier alpha value is -4.02. The van der Waals surface area contributed by atoms with Crippen LogP contribution in [0.3, 0.4) is 0 Å². The summed E-state index contributed by atoms with van der Waals surface area (Å²) in [7, 11) is 0. The Morgan fingerprint density at radius 1 is 1.00 bits per heavy atom. The highest BCUT2D eigenvalue weighted by atomic mass is 16.5. The highest BCUT2D eigenvalue weighted by Crippen LogP contribution is 2.25. The van der Waals surface area contributed by atoms with Gasteiger partial charge in [0, 0.05) is 43.3 Å². The van der Waals surface area contributed by atoms with Crippen LogP contribution in [0.15, 0.2) is 54.7 Å². The van der Waals surface area contributed by atoms with Crippen LogP contribution in [0.2, 0.25) is 0 Å². The van der Waals surface area contributed by atoms with Crippen LogP contribution in [0.1, 0.15) is 46.5 Å². The zero-order chi connectivity index (χ0) is 29.0. The Balaban J connectivity index is 1.29. The van der Waals surface area contributed by atoms with Gasteiger partial charge < -0.3 is 19.9 Å². The molecule has 2 aromatic carbocycles. The lowest BCUT2D eigenvalue weighted by atomic mass is 9.99. The molecule has 0 unspecified atom stereocenters. The van der Waals surface area contributed by atoms with Crippen LogP contribution < -0.4 is 5.32 Å². The molecule has 0 radical (unpaired) electrons. The van der Waals surface area contributed by atoms with Gasteiger partial charge in [-0.1, -0.05) is 30.3 Å². The molecule has 41 heavy (non-hydrogen) atoms. The van der Waals surface area contributed by atoms with E-state index in [0.29, 0.717) is 13.0 Å². The van der Waals surface area contributed by atoms with Gasteiger partial charge in [0.25, 0.3) is 11.8 Å². The third-order valence-corrected chi connectivity index (χ3v) is 8.02. The molecule has 10 nitrogen and oxygen atoms in total. The molecule has 1 saturated heterocycles. The van der Waals surface area contributed by atoms with Gasteiger partial charge in [0.05, 0.1) is 24.3 Å². The summed E-state index contributed by atoms with van der Waals surface area (Å²) in [6.45, 7) is 7.75. The molecule has 2 aliphatic heterocycles. The number of aromatic nitrogens is 1. The largest absolute Gasteiger partial charge is 0.379 e. The molecule has 5 rings (SSSR count). The number of ether oxygens (including phenoxy) is 1. The van der Waals surface area contributed by atoms with E-state index < -0.39 is 29.8 Å². The van der Waals surface area contributed by atoms with E-state index in [9.17, 15) is 19.2 Å². The predicted molar refractivity (Wildman–Crippen MR) is 154 cm³/mol. The van der Waals surface area contributed by atoms with E-state index in [-0.39, 0.29) is 23.6 Å². The number of nitrogens with zero attached hydrogens (tertiary/aromatic N) is 3. The van der Waals surface area contributed by atoms with Crippen molar-refractivity contribution >= 4 is 34.5 Å². The lowest BCUT2D eigenvalue weighted by Gasteiger charge is -2.38. The summed E-state index contributed by atoms with van der Waals surface area (Å²) in [5.41, 5.74) is 1.35. The molecule has 0 saturated carbocycles. The zero-order valence-corrected chi connectivity index (χ0v) is 23.7. The molecule has 1 aromatic heterocycles. The van der Waals surface area contributed by atoms with Gasteiger partial charge in [0.2, 0.25) is 11.8 Å². The summed E-state index contributed by atoms with van der Waals surface area (Å²) in [5, 5.41) is 4.05. The monoisotopic (exact) mass is 559 g/mol. The number of para-hydroxylation sites is 1. The Morgan fingerprint density at radius 2 is 1.66 bits per heavy atom. The van der Waals surface area contributed by atoms with E-state index in [1.165, 1.54) is 4.90 Å². The Labute approximate surface area is 239 Å². The van der Waals surface area contributed by atoms with Gasteiger partial charge in [-0.2, -0.15) is 0 Å². The number of H-pyrrole nitrogens is 1. The third-order valence-electron chi connectivity index (χ3n) is 8.02. The first-order chi connectivity index (χ1) is 19.8. The lowest BCUT2D eigenvalue weighted by molar-refractivity contribution is -0.146. The van der Waals surface area contributed by atoms with E-state index in [0.717, 1.165) is 60.6 Å². The summed E-state index contributed by atoms with van der Waals surface area (Å²) in [5.74, 6) is -1.75. The Bertz CT molecular complexity index is 1410. The minimum Gasteiger partial charge on any atom is -0.379 e. The van der Waals surface area contributed by atoms with Crippen LogP contribution in [0.25, 0.3) is 10.9 Å². The number of carbonyl (C=O) groups is 4. The van der Waals surface area contributed by atoms with Crippen LogP contribution in [-0.4, -0.2) is 101 Å². The summed E-state index contributed by atoms with van der Waals surface area (Å²) in [6, 6.07) is 14.5. The highest BCUT2D eigenvalue weighted by Gasteiger charge is 2.41. The quantitative estimate of drug-likeness (QED) is 0.276. The van der Waals surface area contributed by atoms with Crippen molar-refractivity contribution in [3.8, 4) is 0 Å². The van der Waals surface area contributed by atoms with E-state index in [4.69, 9.17) is 4.74 Å². The van der Waals surface area contributed by atoms with E-state index >= 15 is 0 Å². The molecule has 1 fully saturated rings. The Morgan fingerprint density at radius 3 is 2.37 bits per heavy atom. The minimum atomic E-state index is -1.22. The van der Waals surface area contributed by atoms with Crippen molar-refractivity contribution < 1.29 is 23.9 Å². The fourth-order valence-corrected chi connectivity index (χ4v) is 5.56. The van der Waals surface area contributed by atoms with Crippen molar-refractivity contribution in [2.75, 3.05) is 52.5 Å². The molecule has 4 amide bonds. The average Bonchev–Trinajstić information content (AvgIpc) is 3.50. The summed E-state index contributed by atoms with van der Waals surface area (Å²) in [6.07, 6.45) is 3.18. The molecule has 0 bridgehead atoms. The van der Waals surface area contributed by atoms with Crippen LogP contribution in [0.5, 0.6) is 0 Å². The molecular weight excluding hydrogens is 522 g/mol. The molecule has 0 aliphatic carbocycles. The van der Waals surface area contributed by atoms with E-state index in [2.05, 4.69) is 15.2 Å². The second-order valence-electron chi connectivity index (χ2n) is 11.0. The molecule has 216 valence electrons. The number of morpholine rings is 1. The van der Waals surface area contributed by atoms with E-state index in [1.54, 1.807) is 38.1 Å². The predicted octanol–water partition coefficient (Wildman–Crippen LogP) is 2.45. The second-order valence-corrected chi connectivity index (χ2v) is 11.0. The normalized spacial score (nSPS) is 15.8. The number of benzene rings is 2. The molecular formula is C31H37N5O5. The molecule has 10 heteroatoms. The highest BCUT2D eigenvalue weighted by molar-refractivity contribution is 6.22. The number of aromatic amines is 1. The number of amides is 4. The molecule has 0 spiro atoms. The Kier molecular flexibility index (Phi) is 8.51. The van der Waals surface area contributed by atoms with Crippen LogP contribution in [0, 0.1) is 0 Å². The van der Waals surface area contributed by atoms with Gasteiger partial charge in [0.1, 0.15) is 12.1 Å². The summed E-state index contributed by atoms with van der Waals surface area (Å²) >= 11 is 0. The molecule has 3 heterocycles.